The van der Waals surface area contributed by atoms with Crippen molar-refractivity contribution in [3.63, 3.8) is 0 Å². The number of benzene rings is 1. The lowest BCUT2D eigenvalue weighted by molar-refractivity contribution is 0.380. The molecule has 5 nitrogen and oxygen atoms in total. The maximum Gasteiger partial charge on any atom is 0.246 e. The first-order valence-electron chi connectivity index (χ1n) is 5.36. The van der Waals surface area contributed by atoms with E-state index in [0.29, 0.717) is 5.02 Å². The number of sulfonamides is 1. The zero-order chi connectivity index (χ0) is 13.9. The van der Waals surface area contributed by atoms with Crippen LogP contribution in [0.2, 0.25) is 5.02 Å². The summed E-state index contributed by atoms with van der Waals surface area (Å²) >= 11 is 5.83. The Morgan fingerprint density at radius 2 is 2.11 bits per heavy atom. The first kappa shape index (κ1) is 15.2. The van der Waals surface area contributed by atoms with Gasteiger partial charge in [0.15, 0.2) is 0 Å². The number of likely N-dealkylation sites (N-methyl/N-ethyl adjacent to an activating group) is 1. The minimum absolute atomic E-state index is 0.0419. The molecular formula is C11H17ClN2O3S. The van der Waals surface area contributed by atoms with E-state index in [9.17, 15) is 8.42 Å². The molecule has 0 heterocycles. The highest BCUT2D eigenvalue weighted by atomic mass is 35.5. The van der Waals surface area contributed by atoms with E-state index in [-0.39, 0.29) is 23.2 Å². The lowest BCUT2D eigenvalue weighted by Gasteiger charge is -2.24. The molecule has 0 aliphatic rings. The molecule has 0 fully saturated rings. The van der Waals surface area contributed by atoms with Crippen molar-refractivity contribution >= 4 is 21.6 Å². The van der Waals surface area contributed by atoms with E-state index in [4.69, 9.17) is 22.1 Å². The number of ether oxygens (including phenoxy) is 1. The van der Waals surface area contributed by atoms with Crippen LogP contribution >= 0.6 is 11.6 Å². The minimum atomic E-state index is -3.67. The van der Waals surface area contributed by atoms with E-state index in [1.165, 1.54) is 30.6 Å². The average molecular weight is 293 g/mol. The molecule has 0 radical (unpaired) electrons. The summed E-state index contributed by atoms with van der Waals surface area (Å²) in [4.78, 5) is 0.0419. The largest absolute Gasteiger partial charge is 0.495 e. The second-order valence-electron chi connectivity index (χ2n) is 3.90. The van der Waals surface area contributed by atoms with E-state index >= 15 is 0 Å². The number of rotatable bonds is 5. The van der Waals surface area contributed by atoms with Crippen LogP contribution in [-0.2, 0) is 10.0 Å². The second kappa shape index (κ2) is 5.88. The highest BCUT2D eigenvalue weighted by Gasteiger charge is 2.28. The molecule has 0 aliphatic carbocycles. The van der Waals surface area contributed by atoms with E-state index in [0.717, 1.165) is 0 Å². The number of nitrogens with two attached hydrogens (primary N) is 1. The molecular weight excluding hydrogens is 276 g/mol. The smallest absolute Gasteiger partial charge is 0.246 e. The first-order valence-corrected chi connectivity index (χ1v) is 7.18. The predicted octanol–water partition coefficient (Wildman–Crippen LogP) is 1.32. The second-order valence-corrected chi connectivity index (χ2v) is 6.30. The highest BCUT2D eigenvalue weighted by Crippen LogP contribution is 2.29. The van der Waals surface area contributed by atoms with Gasteiger partial charge in [0.2, 0.25) is 10.0 Å². The van der Waals surface area contributed by atoms with Crippen LogP contribution < -0.4 is 10.5 Å². The molecule has 1 unspecified atom stereocenters. The van der Waals surface area contributed by atoms with Crippen LogP contribution in [0.15, 0.2) is 23.1 Å². The fraction of sp³-hybridized carbons (Fsp3) is 0.455. The van der Waals surface area contributed by atoms with Gasteiger partial charge in [0.05, 0.1) is 7.11 Å². The Hall–Kier alpha value is -0.820. The molecule has 18 heavy (non-hydrogen) atoms. The van der Waals surface area contributed by atoms with Crippen molar-refractivity contribution in [3.8, 4) is 5.75 Å². The molecule has 2 N–H and O–H groups in total. The van der Waals surface area contributed by atoms with Crippen molar-refractivity contribution in [3.05, 3.63) is 23.2 Å². The number of nitrogens with zero attached hydrogens (tertiary/aromatic N) is 1. The highest BCUT2D eigenvalue weighted by molar-refractivity contribution is 7.89. The molecule has 0 spiro atoms. The third-order valence-corrected chi connectivity index (χ3v) is 4.97. The van der Waals surface area contributed by atoms with Crippen LogP contribution in [-0.4, -0.2) is 39.5 Å². The zero-order valence-electron chi connectivity index (χ0n) is 10.6. The molecule has 0 saturated carbocycles. The number of hydrogen-bond acceptors (Lipinski definition) is 4. The zero-order valence-corrected chi connectivity index (χ0v) is 12.1. The van der Waals surface area contributed by atoms with Crippen molar-refractivity contribution in [1.29, 1.82) is 0 Å². The van der Waals surface area contributed by atoms with Gasteiger partial charge in [-0.15, -0.1) is 0 Å². The molecule has 1 atom stereocenters. The molecule has 0 bridgehead atoms. The van der Waals surface area contributed by atoms with Gasteiger partial charge in [-0.1, -0.05) is 11.6 Å². The summed E-state index contributed by atoms with van der Waals surface area (Å²) in [6.45, 7) is 1.97. The van der Waals surface area contributed by atoms with E-state index in [2.05, 4.69) is 0 Å². The van der Waals surface area contributed by atoms with Crippen molar-refractivity contribution in [2.24, 2.45) is 5.73 Å². The third kappa shape index (κ3) is 2.95. The van der Waals surface area contributed by atoms with Gasteiger partial charge in [0.25, 0.3) is 0 Å². The maximum atomic E-state index is 12.4. The number of methoxy groups -OCH3 is 1. The quantitative estimate of drug-likeness (QED) is 0.888. The van der Waals surface area contributed by atoms with E-state index < -0.39 is 10.0 Å². The Balaban J connectivity index is 3.31. The van der Waals surface area contributed by atoms with E-state index in [1.54, 1.807) is 13.0 Å². The summed E-state index contributed by atoms with van der Waals surface area (Å²) in [5, 5.41) is 0.336. The standard InChI is InChI=1S/C11H17ClN2O3S/c1-8(7-13)14(2)18(15,16)11-6-9(12)4-5-10(11)17-3/h4-6,8H,7,13H2,1-3H3. The van der Waals surface area contributed by atoms with Gasteiger partial charge < -0.3 is 10.5 Å². The molecule has 0 amide bonds. The van der Waals surface area contributed by atoms with Gasteiger partial charge in [-0.05, 0) is 25.1 Å². The Labute approximate surface area is 113 Å². The van der Waals surface area contributed by atoms with Gasteiger partial charge in [0, 0.05) is 24.7 Å². The summed E-state index contributed by atoms with van der Waals surface area (Å²) in [6, 6.07) is 4.16. The van der Waals surface area contributed by atoms with Crippen LogP contribution in [0, 0.1) is 0 Å². The Morgan fingerprint density at radius 1 is 1.50 bits per heavy atom. The summed E-state index contributed by atoms with van der Waals surface area (Å²) in [5.74, 6) is 0.260. The Bertz CT molecular complexity index is 519. The van der Waals surface area contributed by atoms with Crippen LogP contribution in [0.4, 0.5) is 0 Å². The van der Waals surface area contributed by atoms with Gasteiger partial charge in [0.1, 0.15) is 10.6 Å². The van der Waals surface area contributed by atoms with Crippen LogP contribution in [0.3, 0.4) is 0 Å². The number of hydrogen-bond donors (Lipinski definition) is 1. The molecule has 0 aliphatic heterocycles. The van der Waals surface area contributed by atoms with Crippen molar-refractivity contribution in [2.75, 3.05) is 20.7 Å². The Morgan fingerprint density at radius 3 is 2.61 bits per heavy atom. The van der Waals surface area contributed by atoms with Gasteiger partial charge in [-0.25, -0.2) is 8.42 Å². The third-order valence-electron chi connectivity index (χ3n) is 2.74. The van der Waals surface area contributed by atoms with Crippen molar-refractivity contribution in [2.45, 2.75) is 17.9 Å². The Kier molecular flexibility index (Phi) is 4.98. The monoisotopic (exact) mass is 292 g/mol. The molecule has 7 heteroatoms. The van der Waals surface area contributed by atoms with Gasteiger partial charge in [-0.2, -0.15) is 4.31 Å². The average Bonchev–Trinajstić information content (AvgIpc) is 2.36. The lowest BCUT2D eigenvalue weighted by Crippen LogP contribution is -2.39. The topological polar surface area (TPSA) is 72.6 Å². The fourth-order valence-corrected chi connectivity index (χ4v) is 3.18. The predicted molar refractivity (Wildman–Crippen MR) is 71.5 cm³/mol. The van der Waals surface area contributed by atoms with Crippen LogP contribution in [0.5, 0.6) is 5.75 Å². The van der Waals surface area contributed by atoms with Crippen LogP contribution in [0.1, 0.15) is 6.92 Å². The van der Waals surface area contributed by atoms with Crippen LogP contribution in [0.25, 0.3) is 0 Å². The molecule has 1 aromatic rings. The maximum absolute atomic E-state index is 12.4. The molecule has 102 valence electrons. The summed E-state index contributed by atoms with van der Waals surface area (Å²) < 4.78 is 31.1. The number of halogens is 1. The minimum Gasteiger partial charge on any atom is -0.495 e. The van der Waals surface area contributed by atoms with Gasteiger partial charge in [-0.3, -0.25) is 0 Å². The molecule has 1 aromatic carbocycles. The van der Waals surface area contributed by atoms with Crippen molar-refractivity contribution < 1.29 is 13.2 Å². The first-order chi connectivity index (χ1) is 8.34. The SMILES string of the molecule is COc1ccc(Cl)cc1S(=O)(=O)N(C)C(C)CN. The summed E-state index contributed by atoms with van der Waals surface area (Å²) in [5.41, 5.74) is 5.48. The normalized spacial score (nSPS) is 13.7. The molecule has 1 rings (SSSR count). The van der Waals surface area contributed by atoms with Crippen molar-refractivity contribution in [1.82, 2.24) is 4.31 Å². The van der Waals surface area contributed by atoms with Gasteiger partial charge >= 0.3 is 0 Å². The summed E-state index contributed by atoms with van der Waals surface area (Å²) in [7, 11) is -0.781. The summed E-state index contributed by atoms with van der Waals surface area (Å²) in [6.07, 6.45) is 0. The van der Waals surface area contributed by atoms with E-state index in [1.807, 2.05) is 0 Å². The molecule has 0 saturated heterocycles. The fourth-order valence-electron chi connectivity index (χ4n) is 1.39. The lowest BCUT2D eigenvalue weighted by atomic mass is 10.3. The molecule has 0 aromatic heterocycles.